The Labute approximate surface area is 221 Å². The minimum atomic E-state index is -1.36. The van der Waals surface area contributed by atoms with Gasteiger partial charge in [-0.2, -0.15) is 0 Å². The number of carboxylic acid groups (broad SMARTS) is 1. The number of carbonyl (C=O) groups is 5. The van der Waals surface area contributed by atoms with Crippen molar-refractivity contribution in [2.24, 2.45) is 11.8 Å². The molecular formula is C26H36N4O8. The molecule has 0 radical (unpaired) electrons. The predicted molar refractivity (Wildman–Crippen MR) is 137 cm³/mol. The number of rotatable bonds is 8. The zero-order chi connectivity index (χ0) is 28.4. The Kier molecular flexibility index (Phi) is 11.1. The van der Waals surface area contributed by atoms with Crippen molar-refractivity contribution in [3.05, 3.63) is 42.0 Å². The van der Waals surface area contributed by atoms with Crippen LogP contribution in [0.15, 0.2) is 36.4 Å². The summed E-state index contributed by atoms with van der Waals surface area (Å²) in [4.78, 5) is 62.6. The van der Waals surface area contributed by atoms with E-state index in [0.717, 1.165) is 6.08 Å². The molecule has 0 aromatic heterocycles. The molecule has 1 heterocycles. The quantitative estimate of drug-likeness (QED) is 0.266. The third-order valence-corrected chi connectivity index (χ3v) is 5.76. The molecule has 2 rings (SSSR count). The first-order valence-corrected chi connectivity index (χ1v) is 12.4. The molecule has 1 aromatic carbocycles. The summed E-state index contributed by atoms with van der Waals surface area (Å²) < 4.78 is 5.42. The van der Waals surface area contributed by atoms with Gasteiger partial charge in [0.05, 0.1) is 6.04 Å². The van der Waals surface area contributed by atoms with Gasteiger partial charge in [-0.25, -0.2) is 9.59 Å². The number of carbonyl (C=O) groups excluding carboxylic acids is 4. The van der Waals surface area contributed by atoms with E-state index in [4.69, 9.17) is 9.84 Å². The number of phenols is 1. The van der Waals surface area contributed by atoms with Gasteiger partial charge in [-0.15, -0.1) is 0 Å². The summed E-state index contributed by atoms with van der Waals surface area (Å²) in [6, 6.07) is 2.01. The van der Waals surface area contributed by atoms with Crippen LogP contribution in [0.5, 0.6) is 5.75 Å². The molecule has 1 unspecified atom stereocenters. The van der Waals surface area contributed by atoms with Gasteiger partial charge in [-0.1, -0.05) is 45.9 Å². The zero-order valence-electron chi connectivity index (χ0n) is 21.9. The first kappa shape index (κ1) is 30.1. The number of ether oxygens (including phenoxy) is 1. The normalized spacial score (nSPS) is 22.3. The highest BCUT2D eigenvalue weighted by atomic mass is 16.5. The highest BCUT2D eigenvalue weighted by Crippen LogP contribution is 2.13. The lowest BCUT2D eigenvalue weighted by Crippen LogP contribution is -2.55. The molecule has 0 spiro atoms. The minimum absolute atomic E-state index is 0.00490. The molecule has 1 aliphatic rings. The molecule has 38 heavy (non-hydrogen) atoms. The molecule has 6 N–H and O–H groups in total. The summed E-state index contributed by atoms with van der Waals surface area (Å²) in [6.45, 7) is 6.77. The van der Waals surface area contributed by atoms with Crippen LogP contribution in [0.25, 0.3) is 0 Å². The van der Waals surface area contributed by atoms with Crippen molar-refractivity contribution in [2.75, 3.05) is 6.61 Å². The van der Waals surface area contributed by atoms with Gasteiger partial charge in [0.25, 0.3) is 0 Å². The van der Waals surface area contributed by atoms with Gasteiger partial charge in [0, 0.05) is 12.5 Å². The number of hydrogen-bond donors (Lipinski definition) is 6. The summed E-state index contributed by atoms with van der Waals surface area (Å²) >= 11 is 0. The molecule has 12 heteroatoms. The van der Waals surface area contributed by atoms with Crippen molar-refractivity contribution in [1.29, 1.82) is 0 Å². The number of benzene rings is 1. The number of cyclic esters (lactones) is 1. The summed E-state index contributed by atoms with van der Waals surface area (Å²) in [6.07, 6.45) is 1.36. The molecule has 0 bridgehead atoms. The van der Waals surface area contributed by atoms with Crippen LogP contribution >= 0.6 is 0 Å². The molecule has 0 aliphatic carbocycles. The van der Waals surface area contributed by atoms with E-state index < -0.39 is 54.0 Å². The van der Waals surface area contributed by atoms with Crippen molar-refractivity contribution >= 4 is 29.8 Å². The fourth-order valence-electron chi connectivity index (χ4n) is 3.82. The van der Waals surface area contributed by atoms with Crippen LogP contribution in [-0.4, -0.2) is 70.8 Å². The summed E-state index contributed by atoms with van der Waals surface area (Å²) in [5.74, 6) is -2.84. The Morgan fingerprint density at radius 2 is 1.74 bits per heavy atom. The summed E-state index contributed by atoms with van der Waals surface area (Å²) in [5.41, 5.74) is 0.642. The van der Waals surface area contributed by atoms with E-state index in [1.165, 1.54) is 18.2 Å². The lowest BCUT2D eigenvalue weighted by Gasteiger charge is -2.26. The van der Waals surface area contributed by atoms with E-state index in [9.17, 15) is 29.1 Å². The number of aromatic hydroxyl groups is 1. The maximum absolute atomic E-state index is 13.0. The molecule has 0 saturated heterocycles. The molecule has 1 aliphatic heterocycles. The van der Waals surface area contributed by atoms with Crippen LogP contribution in [0.2, 0.25) is 0 Å². The van der Waals surface area contributed by atoms with Gasteiger partial charge < -0.3 is 36.2 Å². The van der Waals surface area contributed by atoms with Crippen molar-refractivity contribution in [2.45, 2.75) is 64.7 Å². The first-order valence-electron chi connectivity index (χ1n) is 12.4. The Morgan fingerprint density at radius 1 is 1.08 bits per heavy atom. The molecule has 1 aromatic rings. The highest BCUT2D eigenvalue weighted by molar-refractivity contribution is 5.95. The summed E-state index contributed by atoms with van der Waals surface area (Å²) in [5, 5.41) is 28.7. The van der Waals surface area contributed by atoms with Gasteiger partial charge in [0.1, 0.15) is 30.5 Å². The summed E-state index contributed by atoms with van der Waals surface area (Å²) in [7, 11) is 0. The van der Waals surface area contributed by atoms with E-state index in [1.807, 2.05) is 13.8 Å². The molecular weight excluding hydrogens is 496 g/mol. The monoisotopic (exact) mass is 532 g/mol. The van der Waals surface area contributed by atoms with E-state index in [0.29, 0.717) is 5.56 Å². The number of nitrogens with one attached hydrogen (secondary N) is 4. The number of phenolic OH excluding ortho intramolecular Hbond substituents is 1. The predicted octanol–water partition coefficient (Wildman–Crippen LogP) is 0.840. The SMILES string of the molecule is CC(C)CC(NC(=O)O)C(=O)N[C@@H]1/C=C/C(=O)N[C@@H](C(C)C)C(=O)N[C@@H](Cc2ccc(O)cc2)C(=O)OC1. The van der Waals surface area contributed by atoms with E-state index >= 15 is 0 Å². The van der Waals surface area contributed by atoms with E-state index in [1.54, 1.807) is 26.0 Å². The Balaban J connectivity index is 2.31. The Morgan fingerprint density at radius 3 is 2.32 bits per heavy atom. The number of hydrogen-bond acceptors (Lipinski definition) is 7. The lowest BCUT2D eigenvalue weighted by atomic mass is 10.0. The standard InChI is InChI=1S/C26H36N4O8/c1-14(2)11-19(29-26(36)37)23(33)27-17-7-10-21(32)30-22(15(3)4)24(34)28-20(25(35)38-13-17)12-16-5-8-18(31)9-6-16/h5-10,14-15,17,19-20,22,29,31H,11-13H2,1-4H3,(H,27,33)(H,28,34)(H,30,32)(H,36,37)/b10-7+/t17-,19?,20+,22+/m1/s1. The fraction of sp³-hybridized carbons (Fsp3) is 0.500. The third-order valence-electron chi connectivity index (χ3n) is 5.76. The van der Waals surface area contributed by atoms with Gasteiger partial charge >= 0.3 is 12.1 Å². The van der Waals surface area contributed by atoms with Crippen LogP contribution in [0.3, 0.4) is 0 Å². The third kappa shape index (κ3) is 9.75. The van der Waals surface area contributed by atoms with Crippen molar-refractivity contribution < 1.29 is 38.9 Å². The highest BCUT2D eigenvalue weighted by Gasteiger charge is 2.31. The largest absolute Gasteiger partial charge is 0.508 e. The van der Waals surface area contributed by atoms with Gasteiger partial charge in [-0.3, -0.25) is 14.4 Å². The minimum Gasteiger partial charge on any atom is -0.508 e. The first-order chi connectivity index (χ1) is 17.8. The van der Waals surface area contributed by atoms with Crippen LogP contribution in [0.4, 0.5) is 4.79 Å². The van der Waals surface area contributed by atoms with Crippen molar-refractivity contribution in [3.63, 3.8) is 0 Å². The Bertz CT molecular complexity index is 1040. The van der Waals surface area contributed by atoms with Gasteiger partial charge in [0.2, 0.25) is 17.7 Å². The fourth-order valence-corrected chi connectivity index (χ4v) is 3.82. The maximum atomic E-state index is 13.0. The topological polar surface area (TPSA) is 183 Å². The number of amides is 4. The molecule has 4 atom stereocenters. The van der Waals surface area contributed by atoms with E-state index in [2.05, 4.69) is 21.3 Å². The molecule has 12 nitrogen and oxygen atoms in total. The van der Waals surface area contributed by atoms with Gasteiger partial charge in [-0.05, 0) is 36.0 Å². The molecule has 0 fully saturated rings. The van der Waals surface area contributed by atoms with Crippen LogP contribution < -0.4 is 21.3 Å². The zero-order valence-corrected chi connectivity index (χ0v) is 21.9. The molecule has 4 amide bonds. The van der Waals surface area contributed by atoms with Gasteiger partial charge in [0.15, 0.2) is 0 Å². The van der Waals surface area contributed by atoms with E-state index in [-0.39, 0.29) is 37.0 Å². The second-order valence-corrected chi connectivity index (χ2v) is 9.90. The number of esters is 1. The molecule has 208 valence electrons. The average Bonchev–Trinajstić information content (AvgIpc) is 2.82. The van der Waals surface area contributed by atoms with Crippen molar-refractivity contribution in [3.8, 4) is 5.75 Å². The van der Waals surface area contributed by atoms with Crippen molar-refractivity contribution in [1.82, 2.24) is 21.3 Å². The lowest BCUT2D eigenvalue weighted by molar-refractivity contribution is -0.149. The van der Waals surface area contributed by atoms with Crippen LogP contribution in [0.1, 0.15) is 39.7 Å². The van der Waals surface area contributed by atoms with Crippen LogP contribution in [-0.2, 0) is 30.3 Å². The average molecular weight is 533 g/mol. The second-order valence-electron chi connectivity index (χ2n) is 9.90. The van der Waals surface area contributed by atoms with Crippen LogP contribution in [0, 0.1) is 11.8 Å². The maximum Gasteiger partial charge on any atom is 0.405 e. The Hall–Kier alpha value is -4.09. The molecule has 0 saturated carbocycles. The second kappa shape index (κ2) is 14.0. The smallest absolute Gasteiger partial charge is 0.405 e.